The van der Waals surface area contributed by atoms with Gasteiger partial charge in [-0.1, -0.05) is 19.9 Å². The largest absolute Gasteiger partial charge is 0.508 e. The Morgan fingerprint density at radius 1 is 1.33 bits per heavy atom. The molecule has 0 unspecified atom stereocenters. The van der Waals surface area contributed by atoms with Crippen LogP contribution in [0.5, 0.6) is 11.5 Å². The molecule has 0 saturated heterocycles. The summed E-state index contributed by atoms with van der Waals surface area (Å²) in [5, 5.41) is 8.96. The Hall–Kier alpha value is -1.18. The van der Waals surface area contributed by atoms with Gasteiger partial charge in [-0.3, -0.25) is 0 Å². The van der Waals surface area contributed by atoms with E-state index >= 15 is 0 Å². The molecule has 0 heterocycles. The van der Waals surface area contributed by atoms with E-state index in [0.717, 1.165) is 0 Å². The molecule has 0 aliphatic heterocycles. The highest BCUT2D eigenvalue weighted by molar-refractivity contribution is 5.31. The molecule has 0 atom stereocenters. The molecule has 1 aromatic carbocycles. The summed E-state index contributed by atoms with van der Waals surface area (Å²) in [6.07, 6.45) is 0. The van der Waals surface area contributed by atoms with Crippen LogP contribution in [-0.2, 0) is 0 Å². The first-order valence-corrected chi connectivity index (χ1v) is 4.24. The molecular weight excluding hydrogens is 152 g/mol. The summed E-state index contributed by atoms with van der Waals surface area (Å²) in [5.74, 6) is 0.952. The van der Waals surface area contributed by atoms with E-state index < -0.39 is 0 Å². The average Bonchev–Trinajstić information content (AvgIpc) is 2.09. The van der Waals surface area contributed by atoms with Crippen LogP contribution in [0.15, 0.2) is 24.3 Å². The second-order valence-corrected chi connectivity index (χ2v) is 1.93. The predicted octanol–water partition coefficient (Wildman–Crippen LogP) is 2.82. The normalized spacial score (nSPS) is 8.25. The fourth-order valence-electron chi connectivity index (χ4n) is 0.740. The van der Waals surface area contributed by atoms with Gasteiger partial charge < -0.3 is 9.84 Å². The summed E-state index contributed by atoms with van der Waals surface area (Å²) < 4.78 is 5.13. The van der Waals surface area contributed by atoms with E-state index in [9.17, 15) is 0 Å². The van der Waals surface area contributed by atoms with Gasteiger partial charge in [0.15, 0.2) is 0 Å². The van der Waals surface area contributed by atoms with Crippen molar-refractivity contribution in [3.05, 3.63) is 24.3 Å². The van der Waals surface area contributed by atoms with Crippen LogP contribution in [0.3, 0.4) is 0 Å². The Morgan fingerprint density at radius 3 is 2.50 bits per heavy atom. The molecular formula is C10H16O2. The van der Waals surface area contributed by atoms with Gasteiger partial charge in [0.05, 0.1) is 6.61 Å². The number of aromatic hydroxyl groups is 1. The minimum absolute atomic E-state index is 0.242. The van der Waals surface area contributed by atoms with E-state index in [0.29, 0.717) is 12.4 Å². The van der Waals surface area contributed by atoms with E-state index in [1.165, 1.54) is 0 Å². The monoisotopic (exact) mass is 168 g/mol. The summed E-state index contributed by atoms with van der Waals surface area (Å²) >= 11 is 0. The molecule has 0 spiro atoms. The van der Waals surface area contributed by atoms with Gasteiger partial charge >= 0.3 is 0 Å². The van der Waals surface area contributed by atoms with Gasteiger partial charge in [0, 0.05) is 6.07 Å². The Bertz CT molecular complexity index is 209. The van der Waals surface area contributed by atoms with Crippen molar-refractivity contribution in [2.24, 2.45) is 0 Å². The van der Waals surface area contributed by atoms with Crippen molar-refractivity contribution in [2.75, 3.05) is 6.61 Å². The van der Waals surface area contributed by atoms with Gasteiger partial charge in [-0.05, 0) is 19.1 Å². The van der Waals surface area contributed by atoms with Crippen LogP contribution in [0.2, 0.25) is 0 Å². The van der Waals surface area contributed by atoms with Crippen LogP contribution in [0.25, 0.3) is 0 Å². The van der Waals surface area contributed by atoms with Crippen LogP contribution in [-0.4, -0.2) is 11.7 Å². The third kappa shape index (κ3) is 3.86. The Labute approximate surface area is 73.8 Å². The summed E-state index contributed by atoms with van der Waals surface area (Å²) in [7, 11) is 0. The van der Waals surface area contributed by atoms with Crippen LogP contribution in [0.4, 0.5) is 0 Å². The number of phenolic OH excluding ortho intramolecular Hbond substituents is 1. The first kappa shape index (κ1) is 10.8. The maximum absolute atomic E-state index is 8.96. The number of ether oxygens (including phenoxy) is 1. The Balaban J connectivity index is 0.000000561. The van der Waals surface area contributed by atoms with Crippen molar-refractivity contribution in [3.63, 3.8) is 0 Å². The fraction of sp³-hybridized carbons (Fsp3) is 0.400. The van der Waals surface area contributed by atoms with Gasteiger partial charge in [0.1, 0.15) is 11.5 Å². The number of benzene rings is 1. The number of hydrogen-bond donors (Lipinski definition) is 1. The Kier molecular flexibility index (Phi) is 5.88. The zero-order valence-electron chi connectivity index (χ0n) is 7.87. The van der Waals surface area contributed by atoms with E-state index in [1.807, 2.05) is 26.8 Å². The molecule has 1 aromatic rings. The molecule has 0 bridgehead atoms. The molecule has 68 valence electrons. The number of phenols is 1. The first-order chi connectivity index (χ1) is 5.83. The predicted molar refractivity (Wildman–Crippen MR) is 50.6 cm³/mol. The summed E-state index contributed by atoms with van der Waals surface area (Å²) in [6, 6.07) is 6.76. The SMILES string of the molecule is CC.CCOc1cccc(O)c1. The van der Waals surface area contributed by atoms with Gasteiger partial charge in [0.2, 0.25) is 0 Å². The molecule has 0 fully saturated rings. The molecule has 0 aromatic heterocycles. The topological polar surface area (TPSA) is 29.5 Å². The maximum atomic E-state index is 8.96. The third-order valence-corrected chi connectivity index (χ3v) is 1.13. The van der Waals surface area contributed by atoms with Crippen molar-refractivity contribution in [1.82, 2.24) is 0 Å². The van der Waals surface area contributed by atoms with Crippen LogP contribution in [0.1, 0.15) is 20.8 Å². The molecule has 1 N–H and O–H groups in total. The van der Waals surface area contributed by atoms with Crippen LogP contribution in [0, 0.1) is 0 Å². The summed E-state index contributed by atoms with van der Waals surface area (Å²) in [4.78, 5) is 0. The zero-order valence-corrected chi connectivity index (χ0v) is 7.87. The van der Waals surface area contributed by atoms with Crippen LogP contribution < -0.4 is 4.74 Å². The van der Waals surface area contributed by atoms with Crippen LogP contribution >= 0.6 is 0 Å². The maximum Gasteiger partial charge on any atom is 0.122 e. The van der Waals surface area contributed by atoms with E-state index in [2.05, 4.69) is 0 Å². The smallest absolute Gasteiger partial charge is 0.122 e. The van der Waals surface area contributed by atoms with Crippen molar-refractivity contribution in [2.45, 2.75) is 20.8 Å². The van der Waals surface area contributed by atoms with Crippen molar-refractivity contribution < 1.29 is 9.84 Å². The highest BCUT2D eigenvalue weighted by Crippen LogP contribution is 2.16. The number of hydrogen-bond acceptors (Lipinski definition) is 2. The van der Waals surface area contributed by atoms with E-state index in [-0.39, 0.29) is 5.75 Å². The van der Waals surface area contributed by atoms with E-state index in [1.54, 1.807) is 18.2 Å². The molecule has 12 heavy (non-hydrogen) atoms. The average molecular weight is 168 g/mol. The molecule has 2 nitrogen and oxygen atoms in total. The second kappa shape index (κ2) is 6.53. The molecule has 0 aliphatic rings. The second-order valence-electron chi connectivity index (χ2n) is 1.93. The molecule has 1 rings (SSSR count). The zero-order chi connectivity index (χ0) is 9.40. The lowest BCUT2D eigenvalue weighted by atomic mass is 10.3. The minimum Gasteiger partial charge on any atom is -0.508 e. The van der Waals surface area contributed by atoms with E-state index in [4.69, 9.17) is 9.84 Å². The minimum atomic E-state index is 0.242. The van der Waals surface area contributed by atoms with Crippen molar-refractivity contribution in [3.8, 4) is 11.5 Å². The lowest BCUT2D eigenvalue weighted by Crippen LogP contribution is -1.89. The molecule has 0 aliphatic carbocycles. The third-order valence-electron chi connectivity index (χ3n) is 1.13. The van der Waals surface area contributed by atoms with Crippen molar-refractivity contribution >= 4 is 0 Å². The van der Waals surface area contributed by atoms with Gasteiger partial charge in [-0.2, -0.15) is 0 Å². The lowest BCUT2D eigenvalue weighted by Gasteiger charge is -2.01. The quantitative estimate of drug-likeness (QED) is 0.735. The molecule has 0 amide bonds. The van der Waals surface area contributed by atoms with Gasteiger partial charge in [0.25, 0.3) is 0 Å². The first-order valence-electron chi connectivity index (χ1n) is 4.24. The van der Waals surface area contributed by atoms with Gasteiger partial charge in [-0.25, -0.2) is 0 Å². The molecule has 0 radical (unpaired) electrons. The lowest BCUT2D eigenvalue weighted by molar-refractivity contribution is 0.337. The Morgan fingerprint density at radius 2 is 2.00 bits per heavy atom. The highest BCUT2D eigenvalue weighted by atomic mass is 16.5. The summed E-state index contributed by atoms with van der Waals surface area (Å²) in [6.45, 7) is 6.54. The standard InChI is InChI=1S/C8H10O2.C2H6/c1-2-10-8-5-3-4-7(9)6-8;1-2/h3-6,9H,2H2,1H3;1-2H3. The molecule has 2 heteroatoms. The summed E-state index contributed by atoms with van der Waals surface area (Å²) in [5.41, 5.74) is 0. The molecule has 0 saturated carbocycles. The number of rotatable bonds is 2. The van der Waals surface area contributed by atoms with Gasteiger partial charge in [-0.15, -0.1) is 0 Å². The fourth-order valence-corrected chi connectivity index (χ4v) is 0.740. The van der Waals surface area contributed by atoms with Crippen molar-refractivity contribution in [1.29, 1.82) is 0 Å². The highest BCUT2D eigenvalue weighted by Gasteiger charge is 1.90.